The number of aliphatic carboxylic acids is 1. The van der Waals surface area contributed by atoms with E-state index in [9.17, 15) is 14.7 Å². The van der Waals surface area contributed by atoms with Crippen LogP contribution in [0.4, 0.5) is 0 Å². The molecule has 0 radical (unpaired) electrons. The Morgan fingerprint density at radius 1 is 1.14 bits per heavy atom. The van der Waals surface area contributed by atoms with Crippen LogP contribution in [0.25, 0.3) is 0 Å². The van der Waals surface area contributed by atoms with Gasteiger partial charge in [-0.1, -0.05) is 30.3 Å². The Hall–Kier alpha value is -1.88. The molecule has 0 aliphatic carbocycles. The number of hydrogen-bond acceptors (Lipinski definition) is 4. The summed E-state index contributed by atoms with van der Waals surface area (Å²) in [5.74, 6) is -1.88. The summed E-state index contributed by atoms with van der Waals surface area (Å²) in [5.41, 5.74) is -0.823. The number of ether oxygens (including phenoxy) is 2. The van der Waals surface area contributed by atoms with Crippen LogP contribution in [-0.4, -0.2) is 36.9 Å². The van der Waals surface area contributed by atoms with E-state index in [2.05, 4.69) is 0 Å². The van der Waals surface area contributed by atoms with Gasteiger partial charge >= 0.3 is 11.9 Å². The fourth-order valence-corrected chi connectivity index (χ4v) is 2.14. The van der Waals surface area contributed by atoms with Crippen molar-refractivity contribution in [2.45, 2.75) is 26.7 Å². The average molecular weight is 294 g/mol. The van der Waals surface area contributed by atoms with Crippen molar-refractivity contribution < 1.29 is 24.2 Å². The number of carboxylic acid groups (broad SMARTS) is 1. The first-order chi connectivity index (χ1) is 10.1. The van der Waals surface area contributed by atoms with E-state index in [4.69, 9.17) is 9.47 Å². The molecule has 0 amide bonds. The molecule has 116 valence electrons. The number of hydrogen-bond donors (Lipinski definition) is 1. The fourth-order valence-electron chi connectivity index (χ4n) is 2.14. The minimum absolute atomic E-state index is 0.0872. The maximum absolute atomic E-state index is 12.2. The van der Waals surface area contributed by atoms with Crippen LogP contribution in [0.15, 0.2) is 30.3 Å². The van der Waals surface area contributed by atoms with E-state index < -0.39 is 17.4 Å². The Balaban J connectivity index is 3.04. The third-order valence-corrected chi connectivity index (χ3v) is 3.30. The second-order valence-electron chi connectivity index (χ2n) is 4.72. The third kappa shape index (κ3) is 4.56. The monoisotopic (exact) mass is 294 g/mol. The number of carboxylic acids is 1. The molecule has 1 aromatic rings. The normalized spacial score (nSPS) is 13.4. The maximum Gasteiger partial charge on any atom is 0.323 e. The van der Waals surface area contributed by atoms with Gasteiger partial charge in [0.05, 0.1) is 6.61 Å². The highest BCUT2D eigenvalue weighted by molar-refractivity contribution is 5.99. The van der Waals surface area contributed by atoms with Crippen molar-refractivity contribution in [1.29, 1.82) is 0 Å². The zero-order valence-corrected chi connectivity index (χ0v) is 12.5. The van der Waals surface area contributed by atoms with Gasteiger partial charge in [-0.25, -0.2) is 0 Å². The van der Waals surface area contributed by atoms with Gasteiger partial charge in [-0.15, -0.1) is 0 Å². The molecule has 1 unspecified atom stereocenters. The van der Waals surface area contributed by atoms with Crippen molar-refractivity contribution in [3.05, 3.63) is 35.9 Å². The molecular formula is C16H22O5. The van der Waals surface area contributed by atoms with Crippen LogP contribution in [-0.2, 0) is 25.5 Å². The Morgan fingerprint density at radius 2 is 1.81 bits per heavy atom. The van der Waals surface area contributed by atoms with Crippen molar-refractivity contribution in [3.8, 4) is 0 Å². The average Bonchev–Trinajstić information content (AvgIpc) is 2.47. The molecule has 0 aromatic heterocycles. The van der Waals surface area contributed by atoms with E-state index in [1.807, 2.05) is 25.1 Å². The quantitative estimate of drug-likeness (QED) is 0.430. The molecule has 0 bridgehead atoms. The molecule has 21 heavy (non-hydrogen) atoms. The Bertz CT molecular complexity index is 457. The van der Waals surface area contributed by atoms with Crippen LogP contribution in [0.2, 0.25) is 0 Å². The summed E-state index contributed by atoms with van der Waals surface area (Å²) >= 11 is 0. The van der Waals surface area contributed by atoms with Crippen LogP contribution in [0, 0.1) is 5.41 Å². The highest BCUT2D eigenvalue weighted by Crippen LogP contribution is 2.30. The highest BCUT2D eigenvalue weighted by atomic mass is 16.5. The van der Waals surface area contributed by atoms with Crippen molar-refractivity contribution in [1.82, 2.24) is 0 Å². The van der Waals surface area contributed by atoms with Crippen molar-refractivity contribution in [2.75, 3.05) is 19.8 Å². The van der Waals surface area contributed by atoms with Crippen molar-refractivity contribution >= 4 is 11.9 Å². The van der Waals surface area contributed by atoms with Gasteiger partial charge in [0.1, 0.15) is 0 Å². The zero-order chi connectivity index (χ0) is 15.7. The van der Waals surface area contributed by atoms with E-state index in [1.54, 1.807) is 19.1 Å². The molecule has 0 saturated carbocycles. The van der Waals surface area contributed by atoms with Gasteiger partial charge < -0.3 is 14.6 Å². The summed E-state index contributed by atoms with van der Waals surface area (Å²) in [6.45, 7) is 4.31. The van der Waals surface area contributed by atoms with Crippen LogP contribution >= 0.6 is 0 Å². The molecule has 1 atom stereocenters. The lowest BCUT2D eigenvalue weighted by atomic mass is 9.78. The predicted molar refractivity (Wildman–Crippen MR) is 78.0 cm³/mol. The minimum Gasteiger partial charge on any atom is -0.480 e. The SMILES string of the molecule is CCOCCC(Cc1ccccc1)(C(=O)O)C(=O)OCC. The summed E-state index contributed by atoms with van der Waals surface area (Å²) in [4.78, 5) is 24.0. The van der Waals surface area contributed by atoms with Gasteiger partial charge in [-0.3, -0.25) is 9.59 Å². The molecule has 1 N–H and O–H groups in total. The smallest absolute Gasteiger partial charge is 0.323 e. The summed E-state index contributed by atoms with van der Waals surface area (Å²) in [6, 6.07) is 9.08. The van der Waals surface area contributed by atoms with E-state index in [0.717, 1.165) is 5.56 Å². The molecule has 0 saturated heterocycles. The largest absolute Gasteiger partial charge is 0.480 e. The van der Waals surface area contributed by atoms with E-state index in [-0.39, 0.29) is 26.1 Å². The highest BCUT2D eigenvalue weighted by Gasteiger charge is 2.47. The van der Waals surface area contributed by atoms with E-state index in [1.165, 1.54) is 0 Å². The Morgan fingerprint density at radius 3 is 2.33 bits per heavy atom. The minimum atomic E-state index is -1.60. The Kier molecular flexibility index (Phi) is 6.88. The maximum atomic E-state index is 12.2. The molecule has 0 fully saturated rings. The van der Waals surface area contributed by atoms with Crippen LogP contribution < -0.4 is 0 Å². The molecular weight excluding hydrogens is 272 g/mol. The topological polar surface area (TPSA) is 72.8 Å². The number of benzene rings is 1. The van der Waals surface area contributed by atoms with Gasteiger partial charge in [0.2, 0.25) is 0 Å². The summed E-state index contributed by atoms with van der Waals surface area (Å²) in [5, 5.41) is 9.63. The third-order valence-electron chi connectivity index (χ3n) is 3.30. The number of carbonyl (C=O) groups excluding carboxylic acids is 1. The number of carbonyl (C=O) groups is 2. The summed E-state index contributed by atoms with van der Waals surface area (Å²) in [7, 11) is 0. The van der Waals surface area contributed by atoms with Crippen LogP contribution in [0.3, 0.4) is 0 Å². The van der Waals surface area contributed by atoms with E-state index >= 15 is 0 Å². The molecule has 5 nitrogen and oxygen atoms in total. The number of rotatable bonds is 9. The van der Waals surface area contributed by atoms with Crippen molar-refractivity contribution in [2.24, 2.45) is 5.41 Å². The lowest BCUT2D eigenvalue weighted by Crippen LogP contribution is -2.43. The van der Waals surface area contributed by atoms with Gasteiger partial charge in [-0.05, 0) is 32.3 Å². The zero-order valence-electron chi connectivity index (χ0n) is 12.5. The summed E-state index contributed by atoms with van der Waals surface area (Å²) in [6.07, 6.45) is 0.180. The molecule has 0 heterocycles. The molecule has 5 heteroatoms. The first kappa shape index (κ1) is 17.2. The van der Waals surface area contributed by atoms with Crippen LogP contribution in [0.5, 0.6) is 0 Å². The van der Waals surface area contributed by atoms with Gasteiger partial charge in [0.15, 0.2) is 5.41 Å². The summed E-state index contributed by atoms with van der Waals surface area (Å²) < 4.78 is 10.2. The number of esters is 1. The van der Waals surface area contributed by atoms with Crippen LogP contribution in [0.1, 0.15) is 25.8 Å². The fraction of sp³-hybridized carbons (Fsp3) is 0.500. The molecule has 0 aliphatic heterocycles. The first-order valence-electron chi connectivity index (χ1n) is 7.09. The van der Waals surface area contributed by atoms with Gasteiger partial charge in [0, 0.05) is 13.2 Å². The van der Waals surface area contributed by atoms with E-state index in [0.29, 0.717) is 6.61 Å². The Labute approximate surface area is 124 Å². The molecule has 0 spiro atoms. The molecule has 0 aliphatic rings. The first-order valence-corrected chi connectivity index (χ1v) is 7.09. The lowest BCUT2D eigenvalue weighted by Gasteiger charge is -2.27. The second kappa shape index (κ2) is 8.42. The molecule has 1 aromatic carbocycles. The van der Waals surface area contributed by atoms with Crippen molar-refractivity contribution in [3.63, 3.8) is 0 Å². The predicted octanol–water partition coefficient (Wildman–Crippen LogP) is 2.29. The van der Waals surface area contributed by atoms with Gasteiger partial charge in [0.25, 0.3) is 0 Å². The lowest BCUT2D eigenvalue weighted by molar-refractivity contribution is -0.170. The standard InChI is InChI=1S/C16H22O5/c1-3-20-11-10-16(14(17)18,15(19)21-4-2)12-13-8-6-5-7-9-13/h5-9H,3-4,10-12H2,1-2H3,(H,17,18). The second-order valence-corrected chi connectivity index (χ2v) is 4.72. The van der Waals surface area contributed by atoms with Gasteiger partial charge in [-0.2, -0.15) is 0 Å². The molecule has 1 rings (SSSR count).